The molecular formula is C24H48N2O3. The molecule has 0 aromatic rings. The summed E-state index contributed by atoms with van der Waals surface area (Å²) >= 11 is 0. The molecule has 29 heavy (non-hydrogen) atoms. The fraction of sp³-hybridized carbons (Fsp3) is 0.917. The number of unbranched alkanes of at least 4 members (excludes halogenated alkanes) is 15. The van der Waals surface area contributed by atoms with E-state index in [1.54, 1.807) is 0 Å². The molecule has 0 fully saturated rings. The Morgan fingerprint density at radius 1 is 0.621 bits per heavy atom. The highest BCUT2D eigenvalue weighted by atomic mass is 16.4. The maximum atomic E-state index is 11.3. The summed E-state index contributed by atoms with van der Waals surface area (Å²) in [7, 11) is 0. The second-order valence-electron chi connectivity index (χ2n) is 8.33. The van der Waals surface area contributed by atoms with Crippen LogP contribution in [0.5, 0.6) is 0 Å². The molecule has 0 spiro atoms. The fourth-order valence-corrected chi connectivity index (χ4v) is 3.56. The summed E-state index contributed by atoms with van der Waals surface area (Å²) in [6.07, 6.45) is 23.3. The third-order valence-corrected chi connectivity index (χ3v) is 5.40. The van der Waals surface area contributed by atoms with E-state index in [2.05, 4.69) is 17.6 Å². The second kappa shape index (κ2) is 23.2. The number of carbonyl (C=O) groups excluding carboxylic acids is 1. The zero-order valence-corrected chi connectivity index (χ0v) is 19.1. The van der Waals surface area contributed by atoms with Crippen molar-refractivity contribution in [3.8, 4) is 0 Å². The van der Waals surface area contributed by atoms with Crippen LogP contribution < -0.4 is 10.6 Å². The first-order valence-electron chi connectivity index (χ1n) is 12.4. The smallest absolute Gasteiger partial charge is 0.322 e. The number of amides is 1. The van der Waals surface area contributed by atoms with Gasteiger partial charge in [-0.05, 0) is 25.9 Å². The van der Waals surface area contributed by atoms with Crippen molar-refractivity contribution in [2.24, 2.45) is 0 Å². The first kappa shape index (κ1) is 27.9. The summed E-state index contributed by atoms with van der Waals surface area (Å²) in [5.41, 5.74) is 0. The highest BCUT2D eigenvalue weighted by molar-refractivity contribution is 5.80. The predicted octanol–water partition coefficient (Wildman–Crippen LogP) is 5.82. The quantitative estimate of drug-likeness (QED) is 0.185. The maximum Gasteiger partial charge on any atom is 0.322 e. The van der Waals surface area contributed by atoms with Crippen molar-refractivity contribution in [2.75, 3.05) is 19.6 Å². The van der Waals surface area contributed by atoms with Gasteiger partial charge in [-0.25, -0.2) is 0 Å². The van der Waals surface area contributed by atoms with Gasteiger partial charge >= 0.3 is 5.97 Å². The Morgan fingerprint density at radius 2 is 1.03 bits per heavy atom. The van der Waals surface area contributed by atoms with Gasteiger partial charge in [0.1, 0.15) is 6.54 Å². The van der Waals surface area contributed by atoms with E-state index in [0.717, 1.165) is 19.5 Å². The van der Waals surface area contributed by atoms with Crippen LogP contribution in [0.1, 0.15) is 122 Å². The van der Waals surface area contributed by atoms with E-state index in [1.807, 2.05) is 0 Å². The van der Waals surface area contributed by atoms with Gasteiger partial charge < -0.3 is 15.7 Å². The van der Waals surface area contributed by atoms with Gasteiger partial charge in [-0.1, -0.05) is 103 Å². The van der Waals surface area contributed by atoms with E-state index >= 15 is 0 Å². The van der Waals surface area contributed by atoms with Crippen molar-refractivity contribution in [2.45, 2.75) is 122 Å². The summed E-state index contributed by atoms with van der Waals surface area (Å²) in [5, 5.41) is 14.2. The molecule has 0 radical (unpaired) electrons. The van der Waals surface area contributed by atoms with Crippen LogP contribution in [-0.2, 0) is 9.59 Å². The van der Waals surface area contributed by atoms with Gasteiger partial charge in [0.2, 0.25) is 5.91 Å². The highest BCUT2D eigenvalue weighted by Gasteiger charge is 2.02. The lowest BCUT2D eigenvalue weighted by atomic mass is 10.0. The van der Waals surface area contributed by atoms with Crippen molar-refractivity contribution >= 4 is 11.9 Å². The monoisotopic (exact) mass is 412 g/mol. The Bertz CT molecular complexity index is 375. The molecule has 0 saturated carbocycles. The third kappa shape index (κ3) is 24.9. The molecule has 1 amide bonds. The molecule has 5 heteroatoms. The van der Waals surface area contributed by atoms with Gasteiger partial charge in [-0.3, -0.25) is 9.59 Å². The van der Waals surface area contributed by atoms with E-state index in [9.17, 15) is 9.59 Å². The number of rotatable bonds is 23. The number of hydrogen-bond donors (Lipinski definition) is 3. The summed E-state index contributed by atoms with van der Waals surface area (Å²) in [6, 6.07) is 0. The molecule has 172 valence electrons. The number of carboxylic acid groups (broad SMARTS) is 1. The average Bonchev–Trinajstić information content (AvgIpc) is 2.70. The Hall–Kier alpha value is -1.10. The minimum Gasteiger partial charge on any atom is -0.480 e. The second-order valence-corrected chi connectivity index (χ2v) is 8.33. The molecule has 0 aromatic carbocycles. The molecule has 3 N–H and O–H groups in total. The van der Waals surface area contributed by atoms with Crippen LogP contribution >= 0.6 is 0 Å². The van der Waals surface area contributed by atoms with Gasteiger partial charge in [0.05, 0.1) is 0 Å². The van der Waals surface area contributed by atoms with Crippen LogP contribution in [0, 0.1) is 0 Å². The molecule has 5 nitrogen and oxygen atoms in total. The maximum absolute atomic E-state index is 11.3. The minimum atomic E-state index is -1.00. The van der Waals surface area contributed by atoms with Crippen molar-refractivity contribution in [1.82, 2.24) is 10.6 Å². The van der Waals surface area contributed by atoms with E-state index in [-0.39, 0.29) is 12.5 Å². The predicted molar refractivity (Wildman–Crippen MR) is 122 cm³/mol. The lowest BCUT2D eigenvalue weighted by Crippen LogP contribution is -2.29. The molecule has 0 atom stereocenters. The van der Waals surface area contributed by atoms with Crippen LogP contribution in [0.4, 0.5) is 0 Å². The lowest BCUT2D eigenvalue weighted by Gasteiger charge is -2.06. The van der Waals surface area contributed by atoms with Crippen molar-refractivity contribution in [3.63, 3.8) is 0 Å². The molecule has 0 heterocycles. The first-order valence-corrected chi connectivity index (χ1v) is 12.4. The van der Waals surface area contributed by atoms with Gasteiger partial charge in [0.25, 0.3) is 0 Å². The molecule has 0 rings (SSSR count). The first-order chi connectivity index (χ1) is 14.2. The summed E-state index contributed by atoms with van der Waals surface area (Å²) in [4.78, 5) is 21.7. The summed E-state index contributed by atoms with van der Waals surface area (Å²) < 4.78 is 0. The van der Waals surface area contributed by atoms with E-state index in [0.29, 0.717) is 6.42 Å². The zero-order valence-electron chi connectivity index (χ0n) is 19.1. The standard InChI is InChI=1S/C24H48N2O3/c1-2-3-4-5-6-7-8-9-10-11-12-13-14-15-16-17-20-25-21-18-19-23(27)26-22-24(28)29/h25H,2-22H2,1H3,(H,26,27)(H,28,29). The SMILES string of the molecule is CCCCCCCCCCCCCCCCCCNCCCC(=O)NCC(=O)O. The van der Waals surface area contributed by atoms with Crippen molar-refractivity contribution in [1.29, 1.82) is 0 Å². The number of hydrogen-bond acceptors (Lipinski definition) is 3. The van der Waals surface area contributed by atoms with Crippen LogP contribution in [0.3, 0.4) is 0 Å². The van der Waals surface area contributed by atoms with Gasteiger partial charge in [0, 0.05) is 6.42 Å². The molecule has 0 aliphatic carbocycles. The molecule has 0 saturated heterocycles. The van der Waals surface area contributed by atoms with Crippen LogP contribution in [-0.4, -0.2) is 36.6 Å². The Kier molecular flexibility index (Phi) is 22.3. The number of aliphatic carboxylic acids is 1. The van der Waals surface area contributed by atoms with Crippen LogP contribution in [0.15, 0.2) is 0 Å². The van der Waals surface area contributed by atoms with Gasteiger partial charge in [-0.15, -0.1) is 0 Å². The molecule has 0 unspecified atom stereocenters. The van der Waals surface area contributed by atoms with Crippen LogP contribution in [0.25, 0.3) is 0 Å². The topological polar surface area (TPSA) is 78.4 Å². The molecule has 0 aliphatic rings. The van der Waals surface area contributed by atoms with Crippen molar-refractivity contribution in [3.05, 3.63) is 0 Å². The van der Waals surface area contributed by atoms with Gasteiger partial charge in [0.15, 0.2) is 0 Å². The van der Waals surface area contributed by atoms with Gasteiger partial charge in [-0.2, -0.15) is 0 Å². The minimum absolute atomic E-state index is 0.184. The van der Waals surface area contributed by atoms with E-state index < -0.39 is 5.97 Å². The normalized spacial score (nSPS) is 10.9. The average molecular weight is 413 g/mol. The van der Waals surface area contributed by atoms with Crippen molar-refractivity contribution < 1.29 is 14.7 Å². The summed E-state index contributed by atoms with van der Waals surface area (Å²) in [6.45, 7) is 3.82. The molecule has 0 aliphatic heterocycles. The molecule has 0 bridgehead atoms. The lowest BCUT2D eigenvalue weighted by molar-refractivity contribution is -0.137. The number of carboxylic acids is 1. The fourth-order valence-electron chi connectivity index (χ4n) is 3.56. The van der Waals surface area contributed by atoms with E-state index in [4.69, 9.17) is 5.11 Å². The molecule has 0 aromatic heterocycles. The highest BCUT2D eigenvalue weighted by Crippen LogP contribution is 2.13. The molecular weight excluding hydrogens is 364 g/mol. The Morgan fingerprint density at radius 3 is 1.48 bits per heavy atom. The number of carbonyl (C=O) groups is 2. The number of nitrogens with one attached hydrogen (secondary N) is 2. The largest absolute Gasteiger partial charge is 0.480 e. The third-order valence-electron chi connectivity index (χ3n) is 5.40. The summed E-state index contributed by atoms with van der Waals surface area (Å²) in [5.74, 6) is -1.18. The Balaban J connectivity index is 3.08. The Labute approximate surface area is 179 Å². The van der Waals surface area contributed by atoms with Crippen LogP contribution in [0.2, 0.25) is 0 Å². The zero-order chi connectivity index (χ0) is 21.4. The van der Waals surface area contributed by atoms with E-state index in [1.165, 1.54) is 103 Å².